The summed E-state index contributed by atoms with van der Waals surface area (Å²) in [6.07, 6.45) is 5.63. The second-order valence-electron chi connectivity index (χ2n) is 15.1. The summed E-state index contributed by atoms with van der Waals surface area (Å²) in [5.41, 5.74) is 0.353. The summed E-state index contributed by atoms with van der Waals surface area (Å²) < 4.78 is 22.7. The van der Waals surface area contributed by atoms with Crippen LogP contribution in [0.3, 0.4) is 0 Å². The predicted molar refractivity (Wildman–Crippen MR) is 194 cm³/mol. The minimum atomic E-state index is -1.02. The molecule has 53 heavy (non-hydrogen) atoms. The lowest BCUT2D eigenvalue weighted by molar-refractivity contribution is -0.140. The third-order valence-corrected chi connectivity index (χ3v) is 11.2. The fourth-order valence-electron chi connectivity index (χ4n) is 7.50. The zero-order valence-corrected chi connectivity index (χ0v) is 31.1. The molecule has 0 spiro atoms. The Bertz CT molecular complexity index is 1850. The molecule has 286 valence electrons. The van der Waals surface area contributed by atoms with Gasteiger partial charge in [-0.1, -0.05) is 19.9 Å². The van der Waals surface area contributed by atoms with E-state index in [0.29, 0.717) is 55.0 Å². The molecule has 3 aliphatic rings. The van der Waals surface area contributed by atoms with E-state index in [0.717, 1.165) is 25.7 Å². The maximum absolute atomic E-state index is 16.0. The fraction of sp³-hybridized carbons (Fsp3) is 0.579. The van der Waals surface area contributed by atoms with Crippen molar-refractivity contribution in [3.8, 4) is 0 Å². The molecule has 15 heteroatoms. The average molecular weight is 735 g/mol. The molecule has 5 atom stereocenters. The number of carbonyl (C=O) groups is 4. The van der Waals surface area contributed by atoms with E-state index >= 15 is 4.39 Å². The maximum atomic E-state index is 16.0. The van der Waals surface area contributed by atoms with Crippen molar-refractivity contribution in [1.29, 1.82) is 0 Å². The Morgan fingerprint density at radius 2 is 1.72 bits per heavy atom. The Labute approximate surface area is 308 Å². The van der Waals surface area contributed by atoms with Gasteiger partial charge in [0.25, 0.3) is 11.5 Å². The van der Waals surface area contributed by atoms with E-state index in [1.165, 1.54) is 18.2 Å². The van der Waals surface area contributed by atoms with Gasteiger partial charge in [0.1, 0.15) is 29.4 Å². The molecule has 4 amide bonds. The van der Waals surface area contributed by atoms with Gasteiger partial charge in [-0.15, -0.1) is 0 Å². The molecule has 0 unspecified atom stereocenters. The lowest BCUT2D eigenvalue weighted by Gasteiger charge is -2.40. The molecular formula is C38H51FN8O6. The van der Waals surface area contributed by atoms with Gasteiger partial charge in [0, 0.05) is 62.7 Å². The summed E-state index contributed by atoms with van der Waals surface area (Å²) in [6.45, 7) is 9.45. The number of H-pyrrole nitrogens is 1. The molecule has 3 heterocycles. The zero-order chi connectivity index (χ0) is 38.0. The van der Waals surface area contributed by atoms with Crippen molar-refractivity contribution < 1.29 is 28.1 Å². The molecule has 1 aromatic carbocycles. The first-order valence-electron chi connectivity index (χ1n) is 18.7. The van der Waals surface area contributed by atoms with Crippen LogP contribution < -0.4 is 21.5 Å². The number of likely N-dealkylation sites (N-methyl/N-ethyl adjacent to an activating group) is 1. The summed E-state index contributed by atoms with van der Waals surface area (Å²) in [6, 6.07) is 5.51. The van der Waals surface area contributed by atoms with Crippen LogP contribution in [0.5, 0.6) is 0 Å². The van der Waals surface area contributed by atoms with E-state index in [9.17, 15) is 24.0 Å². The minimum absolute atomic E-state index is 0.0458. The number of nitrogens with zero attached hydrogens (tertiary/aromatic N) is 4. The Hall–Kier alpha value is -4.79. The molecule has 0 bridgehead atoms. The normalized spacial score (nSPS) is 20.1. The largest absolute Gasteiger partial charge is 0.384 e. The van der Waals surface area contributed by atoms with Crippen LogP contribution in [0.15, 0.2) is 45.8 Å². The highest BCUT2D eigenvalue weighted by Crippen LogP contribution is 2.51. The van der Waals surface area contributed by atoms with Gasteiger partial charge in [-0.2, -0.15) is 10.3 Å². The van der Waals surface area contributed by atoms with Crippen LogP contribution in [-0.4, -0.2) is 93.2 Å². The van der Waals surface area contributed by atoms with Crippen LogP contribution in [0.2, 0.25) is 0 Å². The van der Waals surface area contributed by atoms with E-state index in [1.807, 2.05) is 20.9 Å². The number of amides is 4. The highest BCUT2D eigenvalue weighted by molar-refractivity contribution is 6.01. The van der Waals surface area contributed by atoms with Gasteiger partial charge in [0.2, 0.25) is 17.7 Å². The van der Waals surface area contributed by atoms with Crippen molar-refractivity contribution in [2.24, 2.45) is 23.7 Å². The van der Waals surface area contributed by atoms with Crippen LogP contribution in [0.1, 0.15) is 81.1 Å². The number of aryl methyl sites for hydroxylation is 1. The first-order valence-corrected chi connectivity index (χ1v) is 18.7. The summed E-state index contributed by atoms with van der Waals surface area (Å²) in [5, 5.41) is 15.0. The summed E-state index contributed by atoms with van der Waals surface area (Å²) >= 11 is 0. The molecular weight excluding hydrogens is 683 g/mol. The second kappa shape index (κ2) is 16.1. The first-order chi connectivity index (χ1) is 25.3. The second-order valence-corrected chi connectivity index (χ2v) is 15.1. The number of hydrogen-bond donors (Lipinski definition) is 4. The zero-order valence-electron chi connectivity index (χ0n) is 31.1. The Morgan fingerprint density at radius 1 is 1.00 bits per heavy atom. The van der Waals surface area contributed by atoms with Crippen LogP contribution in [0.4, 0.5) is 10.1 Å². The maximum Gasteiger partial charge on any atom is 0.280 e. The van der Waals surface area contributed by atoms with Crippen molar-refractivity contribution in [2.45, 2.75) is 90.4 Å². The number of anilines is 1. The number of carbonyl (C=O) groups excluding carboxylic acids is 4. The number of piperazine rings is 1. The Morgan fingerprint density at radius 3 is 2.32 bits per heavy atom. The van der Waals surface area contributed by atoms with Crippen molar-refractivity contribution >= 4 is 29.3 Å². The number of nitrogens with one attached hydrogen (secondary N) is 4. The highest BCUT2D eigenvalue weighted by atomic mass is 19.1. The van der Waals surface area contributed by atoms with Crippen LogP contribution in [0, 0.1) is 29.5 Å². The molecule has 2 aliphatic carbocycles. The van der Waals surface area contributed by atoms with E-state index < -0.39 is 53.0 Å². The van der Waals surface area contributed by atoms with Crippen molar-refractivity contribution in [2.75, 3.05) is 32.0 Å². The Kier molecular flexibility index (Phi) is 11.5. The standard InChI is InChI=1S/C38H51FN8O6/c1-6-47-30(13-14-40-47)36(50)43-34(32(24-7-8-24)25-9-10-25)37(51)41-29-12-11-26(18-28(29)39)23(4)33(38(52)46-16-15-45(5)22(3)20-46)42-35(49)21(2)17-27-19-31(48)44-53-27/h11-14,18-19,21-25,32-34H,6-10,15-17,20H2,1-5H3,(H,41,51)(H,42,49)(H,43,50)(H,44,48)/t21-,22+,23-,33+,34-/m0/s1. The first kappa shape index (κ1) is 38.0. The van der Waals surface area contributed by atoms with Gasteiger partial charge in [-0.3, -0.25) is 28.7 Å². The summed E-state index contributed by atoms with van der Waals surface area (Å²) in [4.78, 5) is 70.3. The number of benzene rings is 1. The van der Waals surface area contributed by atoms with E-state index in [4.69, 9.17) is 4.52 Å². The monoisotopic (exact) mass is 734 g/mol. The van der Waals surface area contributed by atoms with E-state index in [1.54, 1.807) is 41.8 Å². The van der Waals surface area contributed by atoms with Gasteiger partial charge in [-0.25, -0.2) is 4.39 Å². The van der Waals surface area contributed by atoms with Gasteiger partial charge < -0.3 is 30.3 Å². The molecule has 3 fully saturated rings. The molecule has 1 saturated heterocycles. The fourth-order valence-corrected chi connectivity index (χ4v) is 7.50. The van der Waals surface area contributed by atoms with Gasteiger partial charge in [-0.05, 0) is 88.1 Å². The minimum Gasteiger partial charge on any atom is -0.384 e. The van der Waals surface area contributed by atoms with Crippen molar-refractivity contribution in [3.63, 3.8) is 0 Å². The number of rotatable bonds is 15. The summed E-state index contributed by atoms with van der Waals surface area (Å²) in [7, 11) is 1.99. The van der Waals surface area contributed by atoms with Crippen LogP contribution >= 0.6 is 0 Å². The molecule has 2 saturated carbocycles. The molecule has 0 radical (unpaired) electrons. The van der Waals surface area contributed by atoms with Gasteiger partial charge in [0.05, 0.1) is 5.69 Å². The number of hydrogen-bond acceptors (Lipinski definition) is 8. The van der Waals surface area contributed by atoms with Crippen molar-refractivity contribution in [3.05, 3.63) is 69.7 Å². The predicted octanol–water partition coefficient (Wildman–Crippen LogP) is 3.13. The molecule has 1 aliphatic heterocycles. The molecule has 6 rings (SSSR count). The topological polar surface area (TPSA) is 175 Å². The Balaban J connectivity index is 1.20. The number of halogens is 1. The average Bonchev–Trinajstić information content (AvgIpc) is 4.07. The van der Waals surface area contributed by atoms with Gasteiger partial charge >= 0.3 is 0 Å². The number of aromatic nitrogens is 3. The van der Waals surface area contributed by atoms with Crippen LogP contribution in [-0.2, 0) is 27.3 Å². The molecule has 3 aromatic rings. The highest BCUT2D eigenvalue weighted by Gasteiger charge is 2.48. The third kappa shape index (κ3) is 8.89. The number of aromatic amines is 1. The van der Waals surface area contributed by atoms with E-state index in [-0.39, 0.29) is 30.0 Å². The van der Waals surface area contributed by atoms with Crippen molar-refractivity contribution in [1.82, 2.24) is 35.4 Å². The molecule has 14 nitrogen and oxygen atoms in total. The van der Waals surface area contributed by atoms with Crippen LogP contribution in [0.25, 0.3) is 0 Å². The lowest BCUT2D eigenvalue weighted by Crippen LogP contribution is -2.58. The lowest BCUT2D eigenvalue weighted by atomic mass is 9.88. The molecule has 4 N–H and O–H groups in total. The van der Waals surface area contributed by atoms with E-state index in [2.05, 4.69) is 31.1 Å². The smallest absolute Gasteiger partial charge is 0.280 e. The van der Waals surface area contributed by atoms with Gasteiger partial charge in [0.15, 0.2) is 0 Å². The molecule has 2 aromatic heterocycles. The third-order valence-electron chi connectivity index (χ3n) is 11.2. The summed E-state index contributed by atoms with van der Waals surface area (Å²) in [5.74, 6) is -2.67. The quantitative estimate of drug-likeness (QED) is 0.184. The SMILES string of the molecule is CCn1nccc1C(=O)N[C@H](C(=O)Nc1ccc([C@H](C)[C@@H](NC(=O)[C@@H](C)Cc2cc(=O)[nH]o2)C(=O)N2CCN(C)[C@H](C)C2)cc1F)C(C1CC1)C1CC1.